The van der Waals surface area contributed by atoms with Gasteiger partial charge >= 0.3 is 0 Å². The predicted octanol–water partition coefficient (Wildman–Crippen LogP) is 2.08. The van der Waals surface area contributed by atoms with Gasteiger partial charge in [0.15, 0.2) is 0 Å². The average molecular weight is 280 g/mol. The van der Waals surface area contributed by atoms with Gasteiger partial charge < -0.3 is 4.55 Å². The van der Waals surface area contributed by atoms with Crippen molar-refractivity contribution in [3.63, 3.8) is 0 Å². The predicted molar refractivity (Wildman–Crippen MR) is 78.0 cm³/mol. The number of hydrogen-bond acceptors (Lipinski definition) is 4. The van der Waals surface area contributed by atoms with Crippen LogP contribution in [0.3, 0.4) is 0 Å². The zero-order valence-corrected chi connectivity index (χ0v) is 12.8. The molecular formula is C13H20N4OS. The number of aryl methyl sites for hydroxylation is 1. The van der Waals surface area contributed by atoms with Crippen molar-refractivity contribution in [2.45, 2.75) is 38.5 Å². The first-order valence-electron chi connectivity index (χ1n) is 6.25. The molecule has 2 heterocycles. The van der Waals surface area contributed by atoms with Crippen LogP contribution in [0.4, 0.5) is 0 Å². The number of nitrogens with zero attached hydrogens (tertiary/aromatic N) is 3. The Labute approximate surface area is 116 Å². The van der Waals surface area contributed by atoms with Crippen molar-refractivity contribution in [1.82, 2.24) is 19.5 Å². The number of pyridine rings is 1. The molecule has 5 nitrogen and oxygen atoms in total. The Morgan fingerprint density at radius 1 is 1.37 bits per heavy atom. The molecule has 0 fully saturated rings. The van der Waals surface area contributed by atoms with E-state index < -0.39 is 11.4 Å². The molecule has 0 bridgehead atoms. The van der Waals surface area contributed by atoms with E-state index in [1.165, 1.54) is 0 Å². The van der Waals surface area contributed by atoms with E-state index in [0.29, 0.717) is 0 Å². The van der Waals surface area contributed by atoms with E-state index in [9.17, 15) is 4.55 Å². The van der Waals surface area contributed by atoms with E-state index in [1.807, 2.05) is 45.5 Å². The Morgan fingerprint density at radius 2 is 2.05 bits per heavy atom. The fourth-order valence-corrected chi connectivity index (χ4v) is 2.49. The van der Waals surface area contributed by atoms with Gasteiger partial charge in [-0.3, -0.25) is 9.67 Å². The van der Waals surface area contributed by atoms with Gasteiger partial charge in [0.05, 0.1) is 23.4 Å². The van der Waals surface area contributed by atoms with Crippen molar-refractivity contribution in [3.05, 3.63) is 24.2 Å². The van der Waals surface area contributed by atoms with E-state index in [-0.39, 0.29) is 10.8 Å². The summed E-state index contributed by atoms with van der Waals surface area (Å²) in [5.74, 6) is 0. The summed E-state index contributed by atoms with van der Waals surface area (Å²) in [5.41, 5.74) is 1.90. The SMILES string of the molecule is C[C@@H](N[S+]([O-])C(C)(C)C)c1cc2c(cn1)cnn2C. The maximum atomic E-state index is 12.1. The van der Waals surface area contributed by atoms with E-state index in [4.69, 9.17) is 0 Å². The lowest BCUT2D eigenvalue weighted by Crippen LogP contribution is -2.40. The molecule has 19 heavy (non-hydrogen) atoms. The lowest BCUT2D eigenvalue weighted by molar-refractivity contribution is 0.529. The molecule has 0 saturated heterocycles. The molecule has 2 atom stereocenters. The van der Waals surface area contributed by atoms with Gasteiger partial charge in [-0.15, -0.1) is 4.72 Å². The van der Waals surface area contributed by atoms with Gasteiger partial charge in [0.2, 0.25) is 0 Å². The maximum absolute atomic E-state index is 12.1. The Balaban J connectivity index is 2.21. The largest absolute Gasteiger partial charge is 0.598 e. The fraction of sp³-hybridized carbons (Fsp3) is 0.538. The average Bonchev–Trinajstić information content (AvgIpc) is 2.69. The third-order valence-electron chi connectivity index (χ3n) is 2.94. The van der Waals surface area contributed by atoms with Crippen LogP contribution < -0.4 is 4.72 Å². The molecule has 0 aliphatic rings. The van der Waals surface area contributed by atoms with Crippen LogP contribution in [0, 0.1) is 0 Å². The fourth-order valence-electron chi connectivity index (χ4n) is 1.70. The Morgan fingerprint density at radius 3 is 2.68 bits per heavy atom. The van der Waals surface area contributed by atoms with Crippen molar-refractivity contribution in [2.75, 3.05) is 0 Å². The van der Waals surface area contributed by atoms with Crippen molar-refractivity contribution >= 4 is 22.3 Å². The summed E-state index contributed by atoms with van der Waals surface area (Å²) >= 11 is -1.11. The lowest BCUT2D eigenvalue weighted by Gasteiger charge is -2.26. The van der Waals surface area contributed by atoms with Crippen molar-refractivity contribution in [3.8, 4) is 0 Å². The van der Waals surface area contributed by atoms with E-state index in [0.717, 1.165) is 16.6 Å². The quantitative estimate of drug-likeness (QED) is 0.874. The Kier molecular flexibility index (Phi) is 3.85. The smallest absolute Gasteiger partial charge is 0.136 e. The molecule has 2 aromatic heterocycles. The Bertz CT molecular complexity index is 576. The summed E-state index contributed by atoms with van der Waals surface area (Å²) in [6.45, 7) is 7.80. The van der Waals surface area contributed by atoms with Crippen molar-refractivity contribution in [2.24, 2.45) is 7.05 Å². The second-order valence-electron chi connectivity index (χ2n) is 5.66. The van der Waals surface area contributed by atoms with Gasteiger partial charge in [0.25, 0.3) is 0 Å². The second-order valence-corrected chi connectivity index (χ2v) is 7.65. The van der Waals surface area contributed by atoms with Crippen molar-refractivity contribution in [1.29, 1.82) is 0 Å². The minimum absolute atomic E-state index is 0.0700. The first-order chi connectivity index (χ1) is 8.79. The molecule has 0 spiro atoms. The highest BCUT2D eigenvalue weighted by atomic mass is 32.2. The third-order valence-corrected chi connectivity index (χ3v) is 4.62. The highest BCUT2D eigenvalue weighted by Crippen LogP contribution is 2.21. The van der Waals surface area contributed by atoms with Gasteiger partial charge in [-0.05, 0) is 33.8 Å². The number of fused-ring (bicyclic) bond motifs is 1. The summed E-state index contributed by atoms with van der Waals surface area (Å²) in [6, 6.07) is 1.92. The first-order valence-corrected chi connectivity index (χ1v) is 7.39. The maximum Gasteiger partial charge on any atom is 0.136 e. The van der Waals surface area contributed by atoms with Crippen LogP contribution in [0.15, 0.2) is 18.5 Å². The molecule has 0 aromatic carbocycles. The Hall–Kier alpha value is -1.11. The summed E-state index contributed by atoms with van der Waals surface area (Å²) in [6.07, 6.45) is 3.59. The first kappa shape index (κ1) is 14.3. The summed E-state index contributed by atoms with van der Waals surface area (Å²) in [7, 11) is 1.90. The van der Waals surface area contributed by atoms with Crippen LogP contribution in [-0.2, 0) is 18.4 Å². The van der Waals surface area contributed by atoms with Gasteiger partial charge in [-0.25, -0.2) is 0 Å². The van der Waals surface area contributed by atoms with Gasteiger partial charge in [-0.1, -0.05) is 0 Å². The van der Waals surface area contributed by atoms with Crippen LogP contribution in [0.5, 0.6) is 0 Å². The molecule has 104 valence electrons. The summed E-state index contributed by atoms with van der Waals surface area (Å²) in [4.78, 5) is 4.40. The highest BCUT2D eigenvalue weighted by molar-refractivity contribution is 7.90. The minimum Gasteiger partial charge on any atom is -0.598 e. The van der Waals surface area contributed by atoms with E-state index in [2.05, 4.69) is 14.8 Å². The van der Waals surface area contributed by atoms with Gasteiger partial charge in [0.1, 0.15) is 4.75 Å². The van der Waals surface area contributed by atoms with Crippen molar-refractivity contribution < 1.29 is 4.55 Å². The number of aromatic nitrogens is 3. The van der Waals surface area contributed by atoms with Gasteiger partial charge in [-0.2, -0.15) is 5.10 Å². The molecule has 0 radical (unpaired) electrons. The van der Waals surface area contributed by atoms with Crippen LogP contribution >= 0.6 is 0 Å². The normalized spacial score (nSPS) is 15.7. The van der Waals surface area contributed by atoms with Crippen LogP contribution in [0.1, 0.15) is 39.4 Å². The molecule has 6 heteroatoms. The highest BCUT2D eigenvalue weighted by Gasteiger charge is 2.28. The molecule has 0 amide bonds. The third kappa shape index (κ3) is 3.08. The van der Waals surface area contributed by atoms with Crippen LogP contribution in [-0.4, -0.2) is 24.1 Å². The van der Waals surface area contributed by atoms with Crippen LogP contribution in [0.25, 0.3) is 10.9 Å². The molecule has 2 aromatic rings. The number of rotatable bonds is 3. The zero-order valence-electron chi connectivity index (χ0n) is 12.0. The lowest BCUT2D eigenvalue weighted by atomic mass is 10.2. The minimum atomic E-state index is -1.11. The standard InChI is InChI=1S/C13H20N4OS/c1-9(16-19(18)13(2,3)4)11-6-12-10(7-14-11)8-15-17(12)5/h6-9,16H,1-5H3/t9-,19?/m1/s1. The van der Waals surface area contributed by atoms with E-state index in [1.54, 1.807) is 12.4 Å². The molecule has 2 rings (SSSR count). The molecule has 0 saturated carbocycles. The molecule has 0 aliphatic carbocycles. The topological polar surface area (TPSA) is 65.8 Å². The number of nitrogens with one attached hydrogen (secondary N) is 1. The molecule has 1 unspecified atom stereocenters. The molecule has 1 N–H and O–H groups in total. The number of hydrogen-bond donors (Lipinski definition) is 1. The second kappa shape index (κ2) is 5.11. The van der Waals surface area contributed by atoms with E-state index >= 15 is 0 Å². The summed E-state index contributed by atoms with van der Waals surface area (Å²) in [5, 5.41) is 5.20. The molecule has 0 aliphatic heterocycles. The van der Waals surface area contributed by atoms with Gasteiger partial charge in [0, 0.05) is 30.0 Å². The monoisotopic (exact) mass is 280 g/mol. The zero-order chi connectivity index (χ0) is 14.2. The van der Waals surface area contributed by atoms with Crippen LogP contribution in [0.2, 0.25) is 0 Å². The summed E-state index contributed by atoms with van der Waals surface area (Å²) < 4.78 is 16.7. The molecular weight excluding hydrogens is 260 g/mol.